The number of carbonyl (C=O) groups excluding carboxylic acids is 1. The SMILES string of the molecule is O=C(CSc1nnnn1C1CC1)NCc1ccc(-n2ccnc2)c(F)c1. The van der Waals surface area contributed by atoms with E-state index in [1.807, 2.05) is 0 Å². The molecule has 2 heterocycles. The van der Waals surface area contributed by atoms with E-state index in [1.165, 1.54) is 24.2 Å². The molecular weight excluding hydrogens is 357 g/mol. The number of hydrogen-bond acceptors (Lipinski definition) is 6. The molecule has 1 aromatic carbocycles. The number of nitrogens with one attached hydrogen (secondary N) is 1. The summed E-state index contributed by atoms with van der Waals surface area (Å²) in [6.45, 7) is 0.258. The molecule has 8 nitrogen and oxygen atoms in total. The van der Waals surface area contributed by atoms with Crippen molar-refractivity contribution in [1.29, 1.82) is 0 Å². The smallest absolute Gasteiger partial charge is 0.230 e. The number of benzene rings is 1. The van der Waals surface area contributed by atoms with E-state index >= 15 is 0 Å². The van der Waals surface area contributed by atoms with Gasteiger partial charge in [-0.05, 0) is 41.0 Å². The Balaban J connectivity index is 1.30. The molecule has 1 N–H and O–H groups in total. The number of amides is 1. The Hall–Kier alpha value is -2.75. The minimum absolute atomic E-state index is 0.153. The van der Waals surface area contributed by atoms with Gasteiger partial charge in [0.05, 0.1) is 23.8 Å². The molecule has 0 atom stereocenters. The number of imidazole rings is 1. The van der Waals surface area contributed by atoms with Gasteiger partial charge in [-0.2, -0.15) is 0 Å². The summed E-state index contributed by atoms with van der Waals surface area (Å²) in [4.78, 5) is 15.9. The molecule has 134 valence electrons. The highest BCUT2D eigenvalue weighted by molar-refractivity contribution is 7.99. The minimum Gasteiger partial charge on any atom is -0.351 e. The molecule has 1 aliphatic carbocycles. The average molecular weight is 373 g/mol. The summed E-state index contributed by atoms with van der Waals surface area (Å²) < 4.78 is 17.6. The molecule has 0 radical (unpaired) electrons. The van der Waals surface area contributed by atoms with Crippen molar-refractivity contribution < 1.29 is 9.18 Å². The Morgan fingerprint density at radius 2 is 2.27 bits per heavy atom. The summed E-state index contributed by atoms with van der Waals surface area (Å²) in [5.74, 6) is -0.310. The summed E-state index contributed by atoms with van der Waals surface area (Å²) in [5.41, 5.74) is 1.10. The molecule has 0 spiro atoms. The zero-order valence-corrected chi connectivity index (χ0v) is 14.6. The van der Waals surface area contributed by atoms with Gasteiger partial charge in [-0.25, -0.2) is 14.1 Å². The summed E-state index contributed by atoms with van der Waals surface area (Å²) >= 11 is 1.30. The molecule has 1 fully saturated rings. The number of tetrazole rings is 1. The van der Waals surface area contributed by atoms with Gasteiger partial charge < -0.3 is 9.88 Å². The molecule has 10 heteroatoms. The van der Waals surface area contributed by atoms with Crippen molar-refractivity contribution >= 4 is 17.7 Å². The number of rotatable bonds is 7. The van der Waals surface area contributed by atoms with E-state index in [4.69, 9.17) is 0 Å². The molecular formula is C16H16FN7OS. The van der Waals surface area contributed by atoms with Gasteiger partial charge in [-0.1, -0.05) is 17.8 Å². The van der Waals surface area contributed by atoms with E-state index in [-0.39, 0.29) is 24.0 Å². The molecule has 26 heavy (non-hydrogen) atoms. The van der Waals surface area contributed by atoms with Crippen LogP contribution in [-0.2, 0) is 11.3 Å². The van der Waals surface area contributed by atoms with Crippen LogP contribution in [-0.4, -0.2) is 41.4 Å². The maximum Gasteiger partial charge on any atom is 0.230 e. The quantitative estimate of drug-likeness (QED) is 0.635. The summed E-state index contributed by atoms with van der Waals surface area (Å²) in [7, 11) is 0. The van der Waals surface area contributed by atoms with Gasteiger partial charge in [0.1, 0.15) is 5.82 Å². The van der Waals surface area contributed by atoms with Crippen molar-refractivity contribution in [3.8, 4) is 5.69 Å². The van der Waals surface area contributed by atoms with Crippen molar-refractivity contribution in [2.24, 2.45) is 0 Å². The second kappa shape index (κ2) is 7.24. The standard InChI is InChI=1S/C16H16FN7OS/c17-13-7-11(1-4-14(13)23-6-5-18-10-23)8-19-15(25)9-26-16-20-21-22-24(16)12-2-3-12/h1,4-7,10,12H,2-3,8-9H2,(H,19,25). The van der Waals surface area contributed by atoms with Crippen LogP contribution in [0.5, 0.6) is 0 Å². The Bertz CT molecular complexity index is 907. The molecule has 1 saturated carbocycles. The van der Waals surface area contributed by atoms with Gasteiger partial charge in [0.2, 0.25) is 11.1 Å². The Morgan fingerprint density at radius 3 is 3.00 bits per heavy atom. The van der Waals surface area contributed by atoms with Crippen LogP contribution in [0.3, 0.4) is 0 Å². The zero-order chi connectivity index (χ0) is 17.9. The van der Waals surface area contributed by atoms with Crippen molar-refractivity contribution in [3.05, 3.63) is 48.3 Å². The number of thioether (sulfide) groups is 1. The first-order valence-corrected chi connectivity index (χ1v) is 9.13. The summed E-state index contributed by atoms with van der Waals surface area (Å²) in [5, 5.41) is 15.0. The molecule has 0 bridgehead atoms. The van der Waals surface area contributed by atoms with Crippen LogP contribution < -0.4 is 5.32 Å². The molecule has 3 aromatic rings. The molecule has 4 rings (SSSR count). The first kappa shape index (κ1) is 16.7. The Kier molecular flexibility index (Phi) is 4.65. The normalized spacial score (nSPS) is 13.7. The fourth-order valence-electron chi connectivity index (χ4n) is 2.48. The summed E-state index contributed by atoms with van der Waals surface area (Å²) in [6.07, 6.45) is 6.94. The van der Waals surface area contributed by atoms with E-state index in [9.17, 15) is 9.18 Å². The van der Waals surface area contributed by atoms with Crippen LogP contribution in [0.2, 0.25) is 0 Å². The van der Waals surface area contributed by atoms with Gasteiger partial charge in [0.25, 0.3) is 0 Å². The van der Waals surface area contributed by atoms with Gasteiger partial charge in [-0.15, -0.1) is 5.10 Å². The maximum absolute atomic E-state index is 14.2. The average Bonchev–Trinajstić information content (AvgIpc) is 3.14. The third-order valence-corrected chi connectivity index (χ3v) is 4.91. The van der Waals surface area contributed by atoms with Crippen molar-refractivity contribution in [2.75, 3.05) is 5.75 Å². The number of halogens is 1. The van der Waals surface area contributed by atoms with Gasteiger partial charge in [0, 0.05) is 18.9 Å². The molecule has 0 aliphatic heterocycles. The Morgan fingerprint density at radius 1 is 1.38 bits per heavy atom. The van der Waals surface area contributed by atoms with Crippen LogP contribution in [0, 0.1) is 5.82 Å². The second-order valence-corrected chi connectivity index (χ2v) is 6.90. The van der Waals surface area contributed by atoms with Crippen LogP contribution in [0.1, 0.15) is 24.4 Å². The summed E-state index contributed by atoms with van der Waals surface area (Å²) in [6, 6.07) is 5.22. The maximum atomic E-state index is 14.2. The number of hydrogen-bond donors (Lipinski definition) is 1. The van der Waals surface area contributed by atoms with Gasteiger partial charge in [-0.3, -0.25) is 4.79 Å². The lowest BCUT2D eigenvalue weighted by Gasteiger charge is -2.08. The third-order valence-electron chi connectivity index (χ3n) is 3.97. The predicted molar refractivity (Wildman–Crippen MR) is 92.2 cm³/mol. The molecule has 1 aliphatic rings. The second-order valence-electron chi connectivity index (χ2n) is 5.96. The highest BCUT2D eigenvalue weighted by atomic mass is 32.2. The van der Waals surface area contributed by atoms with E-state index in [1.54, 1.807) is 33.8 Å². The predicted octanol–water partition coefficient (Wildman–Crippen LogP) is 1.74. The van der Waals surface area contributed by atoms with E-state index in [0.717, 1.165) is 12.8 Å². The highest BCUT2D eigenvalue weighted by Gasteiger charge is 2.28. The largest absolute Gasteiger partial charge is 0.351 e. The highest BCUT2D eigenvalue weighted by Crippen LogP contribution is 2.36. The molecule has 0 saturated heterocycles. The van der Waals surface area contributed by atoms with Crippen LogP contribution in [0.25, 0.3) is 5.69 Å². The monoisotopic (exact) mass is 373 g/mol. The lowest BCUT2D eigenvalue weighted by molar-refractivity contribution is -0.118. The fraction of sp³-hybridized carbons (Fsp3) is 0.312. The van der Waals surface area contributed by atoms with E-state index in [2.05, 4.69) is 25.8 Å². The first-order valence-electron chi connectivity index (χ1n) is 8.15. The fourth-order valence-corrected chi connectivity index (χ4v) is 3.26. The van der Waals surface area contributed by atoms with Crippen LogP contribution in [0.15, 0.2) is 42.1 Å². The van der Waals surface area contributed by atoms with Crippen LogP contribution in [0.4, 0.5) is 4.39 Å². The third kappa shape index (κ3) is 3.74. The van der Waals surface area contributed by atoms with E-state index in [0.29, 0.717) is 22.4 Å². The zero-order valence-electron chi connectivity index (χ0n) is 13.7. The topological polar surface area (TPSA) is 90.5 Å². The minimum atomic E-state index is -0.368. The molecule has 1 amide bonds. The molecule has 0 unspecified atom stereocenters. The number of nitrogens with zero attached hydrogens (tertiary/aromatic N) is 6. The number of aromatic nitrogens is 6. The lowest BCUT2D eigenvalue weighted by Crippen LogP contribution is -2.24. The molecule has 2 aromatic heterocycles. The lowest BCUT2D eigenvalue weighted by atomic mass is 10.2. The Labute approximate surface area is 152 Å². The van der Waals surface area contributed by atoms with Crippen LogP contribution >= 0.6 is 11.8 Å². The van der Waals surface area contributed by atoms with E-state index < -0.39 is 0 Å². The first-order chi connectivity index (χ1) is 12.7. The van der Waals surface area contributed by atoms with Crippen molar-refractivity contribution in [3.63, 3.8) is 0 Å². The van der Waals surface area contributed by atoms with Gasteiger partial charge in [0.15, 0.2) is 0 Å². The van der Waals surface area contributed by atoms with Gasteiger partial charge >= 0.3 is 0 Å². The number of carbonyl (C=O) groups is 1. The van der Waals surface area contributed by atoms with Crippen molar-refractivity contribution in [2.45, 2.75) is 30.6 Å². The van der Waals surface area contributed by atoms with Crippen molar-refractivity contribution in [1.82, 2.24) is 35.1 Å².